The Labute approximate surface area is 211 Å². The van der Waals surface area contributed by atoms with Gasteiger partial charge in [0.25, 0.3) is 0 Å². The Hall–Kier alpha value is -3.76. The van der Waals surface area contributed by atoms with Crippen molar-refractivity contribution in [2.75, 3.05) is 6.61 Å². The number of para-hydroxylation sites is 1. The van der Waals surface area contributed by atoms with Gasteiger partial charge in [0.05, 0.1) is 24.8 Å². The van der Waals surface area contributed by atoms with E-state index in [1.54, 1.807) is 41.7 Å². The number of aromatic nitrogens is 1. The molecule has 0 saturated heterocycles. The van der Waals surface area contributed by atoms with Gasteiger partial charge >= 0.3 is 5.92 Å². The Morgan fingerprint density at radius 2 is 1.78 bits per heavy atom. The fourth-order valence-electron chi connectivity index (χ4n) is 4.44. The van der Waals surface area contributed by atoms with Crippen LogP contribution < -0.4 is 5.32 Å². The van der Waals surface area contributed by atoms with Gasteiger partial charge in [-0.05, 0) is 42.0 Å². The molecule has 1 heterocycles. The van der Waals surface area contributed by atoms with Crippen molar-refractivity contribution in [3.05, 3.63) is 108 Å². The van der Waals surface area contributed by atoms with E-state index in [4.69, 9.17) is 5.41 Å². The van der Waals surface area contributed by atoms with Crippen molar-refractivity contribution in [3.63, 3.8) is 0 Å². The number of nitrogens with one attached hydrogen (secondary N) is 1. The van der Waals surface area contributed by atoms with Crippen molar-refractivity contribution in [3.8, 4) is 0 Å². The Balaban J connectivity index is 1.89. The number of nitrogens with zero attached hydrogens (tertiary/aromatic N) is 1. The average molecular weight is 511 g/mol. The summed E-state index contributed by atoms with van der Waals surface area (Å²) in [5.41, 5.74) is -1.26. The van der Waals surface area contributed by atoms with Gasteiger partial charge in [0, 0.05) is 47.1 Å². The highest BCUT2D eigenvalue weighted by molar-refractivity contribution is 5.87. The van der Waals surface area contributed by atoms with Gasteiger partial charge in [-0.15, -0.1) is 0 Å². The summed E-state index contributed by atoms with van der Waals surface area (Å²) in [6.45, 7) is 2.65. The molecule has 2 atom stereocenters. The van der Waals surface area contributed by atoms with Crippen molar-refractivity contribution in [1.29, 1.82) is 5.41 Å². The van der Waals surface area contributed by atoms with Crippen LogP contribution in [0.25, 0.3) is 10.9 Å². The molecule has 9 heteroatoms. The molecule has 37 heavy (non-hydrogen) atoms. The molecule has 4 rings (SSSR count). The molecule has 0 aliphatic rings. The smallest absolute Gasteiger partial charge is 0.302 e. The lowest BCUT2D eigenvalue weighted by molar-refractivity contribution is -0.478. The molecule has 0 aliphatic carbocycles. The lowest BCUT2D eigenvalue weighted by Gasteiger charge is -2.35. The van der Waals surface area contributed by atoms with Crippen molar-refractivity contribution >= 4 is 28.5 Å². The normalized spacial score (nSPS) is 14.3. The van der Waals surface area contributed by atoms with Gasteiger partial charge in [-0.2, -0.15) is 8.78 Å². The molecule has 0 spiro atoms. The minimum Gasteiger partial charge on any atom is -0.394 e. The first kappa shape index (κ1) is 26.3. The molecule has 0 bridgehead atoms. The van der Waals surface area contributed by atoms with Crippen LogP contribution in [-0.4, -0.2) is 44.7 Å². The molecule has 0 amide bonds. The van der Waals surface area contributed by atoms with Crippen molar-refractivity contribution < 1.29 is 33.8 Å². The number of quaternary nitrogens is 1. The molecule has 0 aliphatic heterocycles. The lowest BCUT2D eigenvalue weighted by Crippen LogP contribution is -2.71. The first-order chi connectivity index (χ1) is 17.6. The fraction of sp³-hybridized carbons (Fsp3) is 0.179. The van der Waals surface area contributed by atoms with Crippen molar-refractivity contribution in [1.82, 2.24) is 4.57 Å². The number of benzene rings is 3. The topological polar surface area (TPSA) is 106 Å². The van der Waals surface area contributed by atoms with Crippen LogP contribution >= 0.6 is 0 Å². The van der Waals surface area contributed by atoms with Crippen LogP contribution in [0.4, 0.5) is 24.5 Å². The zero-order chi connectivity index (χ0) is 26.8. The van der Waals surface area contributed by atoms with Gasteiger partial charge in [-0.25, -0.2) is 4.39 Å². The van der Waals surface area contributed by atoms with Crippen molar-refractivity contribution in [2.24, 2.45) is 0 Å². The number of aliphatic hydroxyl groups excluding tert-OH is 2. The molecule has 192 valence electrons. The molecule has 0 radical (unpaired) electrons. The number of hydrogen-bond acceptors (Lipinski definition) is 4. The van der Waals surface area contributed by atoms with Crippen LogP contribution in [0.5, 0.6) is 0 Å². The predicted molar refractivity (Wildman–Crippen MR) is 135 cm³/mol. The van der Waals surface area contributed by atoms with E-state index in [2.05, 4.69) is 6.58 Å². The van der Waals surface area contributed by atoms with Crippen LogP contribution in [0, 0.1) is 11.2 Å². The molecule has 4 aromatic rings. The number of fused-ring (bicyclic) bond motifs is 1. The number of rotatable bonds is 10. The summed E-state index contributed by atoms with van der Waals surface area (Å²) in [6, 6.07) is 16.5. The number of nitrogens with two attached hydrogens (primary N) is 1. The highest BCUT2D eigenvalue weighted by atomic mass is 19.3. The van der Waals surface area contributed by atoms with Gasteiger partial charge in [0.15, 0.2) is 5.60 Å². The van der Waals surface area contributed by atoms with E-state index >= 15 is 8.78 Å². The molecule has 6 N–H and O–H groups in total. The maximum Gasteiger partial charge on any atom is 0.302 e. The van der Waals surface area contributed by atoms with Crippen LogP contribution in [0.1, 0.15) is 16.7 Å². The van der Waals surface area contributed by atoms with E-state index < -0.39 is 30.1 Å². The van der Waals surface area contributed by atoms with E-state index in [-0.39, 0.29) is 23.2 Å². The van der Waals surface area contributed by atoms with Crippen LogP contribution in [0.3, 0.4) is 0 Å². The highest BCUT2D eigenvalue weighted by Gasteiger charge is 2.54. The molecule has 0 saturated carbocycles. The third-order valence-corrected chi connectivity index (χ3v) is 6.39. The van der Waals surface area contributed by atoms with Gasteiger partial charge in [-0.3, -0.25) is 5.32 Å². The second-order valence-corrected chi connectivity index (χ2v) is 8.77. The number of alkyl halides is 2. The van der Waals surface area contributed by atoms with Gasteiger partial charge in [0.1, 0.15) is 17.2 Å². The summed E-state index contributed by atoms with van der Waals surface area (Å²) in [6.07, 6.45) is 1.57. The third kappa shape index (κ3) is 4.82. The lowest BCUT2D eigenvalue weighted by atomic mass is 9.80. The van der Waals surface area contributed by atoms with Crippen molar-refractivity contribution in [2.45, 2.75) is 24.2 Å². The monoisotopic (exact) mass is 510 g/mol. The van der Waals surface area contributed by atoms with E-state index in [1.165, 1.54) is 41.1 Å². The van der Waals surface area contributed by atoms with E-state index in [1.807, 2.05) is 0 Å². The molecule has 1 aromatic heterocycles. The minimum atomic E-state index is -3.83. The highest BCUT2D eigenvalue weighted by Crippen LogP contribution is 2.47. The Kier molecular flexibility index (Phi) is 7.33. The second-order valence-electron chi connectivity index (χ2n) is 8.77. The second kappa shape index (κ2) is 10.3. The number of halogens is 3. The van der Waals surface area contributed by atoms with Crippen LogP contribution in [0.2, 0.25) is 0 Å². The van der Waals surface area contributed by atoms with E-state index in [9.17, 15) is 19.7 Å². The summed E-state index contributed by atoms with van der Waals surface area (Å²) >= 11 is 0. The minimum absolute atomic E-state index is 0.0793. The SMILES string of the molecule is C=CC(F)(F)C(O)(c1ccc([NH2+]c2ccc(F)cc2)c(C=N)c1)c1cn(CC(O)CO)c2ccccc12. The summed E-state index contributed by atoms with van der Waals surface area (Å²) in [7, 11) is 0. The van der Waals surface area contributed by atoms with Gasteiger partial charge in [-0.1, -0.05) is 24.8 Å². The Morgan fingerprint density at radius 1 is 1.08 bits per heavy atom. The summed E-state index contributed by atoms with van der Waals surface area (Å²) in [5.74, 6) is -4.24. The Bertz CT molecular complexity index is 1440. The maximum absolute atomic E-state index is 15.6. The standard InChI is InChI=1S/C28H26F3N3O3/c1-2-27(30,31)28(37,24-16-34(15-22(36)17-35)26-6-4-3-5-23(24)26)19-7-12-25(18(13-19)14-32)33-21-10-8-20(29)9-11-21/h2-14,16,22,32-33,35-37H,1,15,17H2/p+1. The molecular formula is C28H27F3N3O3+. The quantitative estimate of drug-likeness (QED) is 0.128. The molecule has 3 aromatic carbocycles. The zero-order valence-electron chi connectivity index (χ0n) is 19.8. The van der Waals surface area contributed by atoms with Crippen LogP contribution in [0.15, 0.2) is 85.6 Å². The zero-order valence-corrected chi connectivity index (χ0v) is 19.8. The molecule has 6 nitrogen and oxygen atoms in total. The number of aliphatic hydroxyl groups is 3. The van der Waals surface area contributed by atoms with Gasteiger partial charge in [0.2, 0.25) is 0 Å². The molecular weight excluding hydrogens is 483 g/mol. The largest absolute Gasteiger partial charge is 0.394 e. The summed E-state index contributed by atoms with van der Waals surface area (Å²) in [4.78, 5) is 0. The molecule has 0 fully saturated rings. The molecule has 2 unspecified atom stereocenters. The summed E-state index contributed by atoms with van der Waals surface area (Å²) < 4.78 is 46.0. The first-order valence-electron chi connectivity index (χ1n) is 11.5. The van der Waals surface area contributed by atoms with Gasteiger partial charge < -0.3 is 25.3 Å². The number of hydrogen-bond donors (Lipinski definition) is 5. The maximum atomic E-state index is 15.6. The van der Waals surface area contributed by atoms with E-state index in [0.717, 1.165) is 6.21 Å². The third-order valence-electron chi connectivity index (χ3n) is 6.39. The fourth-order valence-corrected chi connectivity index (χ4v) is 4.44. The first-order valence-corrected chi connectivity index (χ1v) is 11.5. The Morgan fingerprint density at radius 3 is 2.43 bits per heavy atom. The summed E-state index contributed by atoms with van der Waals surface area (Å²) in [5, 5.41) is 41.0. The predicted octanol–water partition coefficient (Wildman–Crippen LogP) is 3.72. The van der Waals surface area contributed by atoms with Crippen LogP contribution in [-0.2, 0) is 12.1 Å². The van der Waals surface area contributed by atoms with E-state index in [0.29, 0.717) is 28.4 Å². The average Bonchev–Trinajstić information content (AvgIpc) is 3.28.